The minimum atomic E-state index is -0.357. The third-order valence-electron chi connectivity index (χ3n) is 4.72. The Bertz CT molecular complexity index is 1010. The Kier molecular flexibility index (Phi) is 5.49. The van der Waals surface area contributed by atoms with Gasteiger partial charge in [-0.05, 0) is 55.5 Å². The second-order valence-corrected chi connectivity index (χ2v) is 7.44. The summed E-state index contributed by atoms with van der Waals surface area (Å²) in [5, 5.41) is 7.32. The quantitative estimate of drug-likeness (QED) is 0.632. The topological polar surface area (TPSA) is 69.0 Å². The van der Waals surface area contributed by atoms with Crippen molar-refractivity contribution in [3.63, 3.8) is 0 Å². The number of aryl methyl sites for hydroxylation is 1. The van der Waals surface area contributed by atoms with Crippen molar-refractivity contribution in [2.24, 2.45) is 5.92 Å². The molecule has 0 aliphatic heterocycles. The maximum atomic E-state index is 13.1. The lowest BCUT2D eigenvalue weighted by molar-refractivity contribution is 0.0950. The smallest absolute Gasteiger partial charge is 0.256 e. The minimum Gasteiger partial charge on any atom is -0.477 e. The molecule has 1 N–H and O–H groups in total. The van der Waals surface area contributed by atoms with E-state index in [-0.39, 0.29) is 22.4 Å². The van der Waals surface area contributed by atoms with Gasteiger partial charge in [0.15, 0.2) is 0 Å². The molecule has 0 radical (unpaired) electrons. The average Bonchev–Trinajstić information content (AvgIpc) is 3.50. The predicted octanol–water partition coefficient (Wildman–Crippen LogP) is 4.09. The maximum absolute atomic E-state index is 13.1. The number of nitrogens with zero attached hydrogens (tertiary/aromatic N) is 3. The molecule has 0 bridgehead atoms. The summed E-state index contributed by atoms with van der Waals surface area (Å²) in [7, 11) is 0. The maximum Gasteiger partial charge on any atom is 0.256 e. The lowest BCUT2D eigenvalue weighted by Gasteiger charge is -2.07. The lowest BCUT2D eigenvalue weighted by Crippen LogP contribution is -2.23. The largest absolute Gasteiger partial charge is 0.477 e. The van der Waals surface area contributed by atoms with Crippen LogP contribution < -0.4 is 10.1 Å². The number of hydrogen-bond donors (Lipinski definition) is 1. The highest BCUT2D eigenvalue weighted by Gasteiger charge is 2.22. The molecular formula is C21H20ClFN4O2. The molecule has 29 heavy (non-hydrogen) atoms. The SMILES string of the molecule is Cc1nn(-c2ccc(F)cc2)c(Cl)c1C(=O)NCc1ccc(OCC2CC2)nc1. The second kappa shape index (κ2) is 8.21. The molecule has 6 nitrogen and oxygen atoms in total. The van der Waals surface area contributed by atoms with Crippen LogP contribution >= 0.6 is 11.6 Å². The fourth-order valence-corrected chi connectivity index (χ4v) is 3.23. The normalized spacial score (nSPS) is 13.3. The van der Waals surface area contributed by atoms with Gasteiger partial charge in [0.1, 0.15) is 11.0 Å². The lowest BCUT2D eigenvalue weighted by atomic mass is 10.2. The summed E-state index contributed by atoms with van der Waals surface area (Å²) in [6.07, 6.45) is 4.13. The predicted molar refractivity (Wildman–Crippen MR) is 107 cm³/mol. The van der Waals surface area contributed by atoms with Crippen LogP contribution in [0.1, 0.15) is 34.5 Å². The van der Waals surface area contributed by atoms with Crippen molar-refractivity contribution in [1.82, 2.24) is 20.1 Å². The number of halogens is 2. The van der Waals surface area contributed by atoms with Crippen LogP contribution in [0.2, 0.25) is 5.15 Å². The van der Waals surface area contributed by atoms with Gasteiger partial charge in [-0.25, -0.2) is 14.1 Å². The van der Waals surface area contributed by atoms with E-state index in [0.29, 0.717) is 36.3 Å². The van der Waals surface area contributed by atoms with Crippen LogP contribution in [-0.2, 0) is 6.54 Å². The molecule has 0 unspecified atom stereocenters. The third kappa shape index (κ3) is 4.56. The first-order valence-electron chi connectivity index (χ1n) is 9.38. The number of carbonyl (C=O) groups is 1. The molecule has 0 atom stereocenters. The summed E-state index contributed by atoms with van der Waals surface area (Å²) in [4.78, 5) is 16.9. The number of carbonyl (C=O) groups excluding carboxylic acids is 1. The van der Waals surface area contributed by atoms with E-state index in [0.717, 1.165) is 5.56 Å². The molecule has 0 saturated heterocycles. The van der Waals surface area contributed by atoms with E-state index in [1.807, 2.05) is 6.07 Å². The summed E-state index contributed by atoms with van der Waals surface area (Å²) in [5.41, 5.74) is 2.19. The number of ether oxygens (including phenoxy) is 1. The van der Waals surface area contributed by atoms with E-state index >= 15 is 0 Å². The summed E-state index contributed by atoms with van der Waals surface area (Å²) < 4.78 is 20.2. The van der Waals surface area contributed by atoms with Crippen molar-refractivity contribution < 1.29 is 13.9 Å². The molecular weight excluding hydrogens is 395 g/mol. The standard InChI is InChI=1S/C21H20ClFN4O2/c1-13-19(20(22)27(26-13)17-7-5-16(23)6-8-17)21(28)25-11-15-4-9-18(24-10-15)29-12-14-2-3-14/h4-10,14H,2-3,11-12H2,1H3,(H,25,28). The molecule has 150 valence electrons. The highest BCUT2D eigenvalue weighted by atomic mass is 35.5. The molecule has 1 amide bonds. The van der Waals surface area contributed by atoms with Gasteiger partial charge >= 0.3 is 0 Å². The van der Waals surface area contributed by atoms with Gasteiger partial charge in [-0.1, -0.05) is 17.7 Å². The highest BCUT2D eigenvalue weighted by molar-refractivity contribution is 6.33. The Balaban J connectivity index is 1.41. The number of rotatable bonds is 7. The number of hydrogen-bond acceptors (Lipinski definition) is 4. The van der Waals surface area contributed by atoms with Gasteiger partial charge in [-0.15, -0.1) is 0 Å². The minimum absolute atomic E-state index is 0.175. The summed E-state index contributed by atoms with van der Waals surface area (Å²) >= 11 is 6.38. The zero-order valence-electron chi connectivity index (χ0n) is 15.9. The number of nitrogens with one attached hydrogen (secondary N) is 1. The Morgan fingerprint density at radius 1 is 1.28 bits per heavy atom. The van der Waals surface area contributed by atoms with Crippen molar-refractivity contribution in [3.05, 3.63) is 70.4 Å². The van der Waals surface area contributed by atoms with Gasteiger partial charge in [0.05, 0.1) is 23.6 Å². The summed E-state index contributed by atoms with van der Waals surface area (Å²) in [6, 6.07) is 9.39. The number of amides is 1. The average molecular weight is 415 g/mol. The molecule has 8 heteroatoms. The first-order valence-corrected chi connectivity index (χ1v) is 9.76. The Hall–Kier alpha value is -2.93. The van der Waals surface area contributed by atoms with E-state index in [1.165, 1.54) is 29.7 Å². The van der Waals surface area contributed by atoms with Crippen molar-refractivity contribution in [2.45, 2.75) is 26.3 Å². The van der Waals surface area contributed by atoms with Crippen molar-refractivity contribution in [2.75, 3.05) is 6.61 Å². The second-order valence-electron chi connectivity index (χ2n) is 7.08. The molecule has 1 aromatic carbocycles. The van der Waals surface area contributed by atoms with Gasteiger partial charge < -0.3 is 10.1 Å². The molecule has 3 aromatic rings. The molecule has 2 heterocycles. The van der Waals surface area contributed by atoms with Crippen molar-refractivity contribution >= 4 is 17.5 Å². The Morgan fingerprint density at radius 3 is 2.69 bits per heavy atom. The fourth-order valence-electron chi connectivity index (χ4n) is 2.87. The molecule has 1 aliphatic rings. The summed E-state index contributed by atoms with van der Waals surface area (Å²) in [5.74, 6) is 0.560. The van der Waals surface area contributed by atoms with E-state index in [4.69, 9.17) is 16.3 Å². The van der Waals surface area contributed by atoms with E-state index in [9.17, 15) is 9.18 Å². The number of benzene rings is 1. The van der Waals surface area contributed by atoms with Crippen LogP contribution in [0.3, 0.4) is 0 Å². The molecule has 4 rings (SSSR count). The van der Waals surface area contributed by atoms with E-state index < -0.39 is 0 Å². The van der Waals surface area contributed by atoms with Crippen molar-refractivity contribution in [1.29, 1.82) is 0 Å². The molecule has 2 aromatic heterocycles. The highest BCUT2D eigenvalue weighted by Crippen LogP contribution is 2.29. The van der Waals surface area contributed by atoms with Gasteiger partial charge in [-0.2, -0.15) is 5.10 Å². The van der Waals surface area contributed by atoms with Crippen LogP contribution in [0.4, 0.5) is 4.39 Å². The Morgan fingerprint density at radius 2 is 2.03 bits per heavy atom. The molecule has 1 saturated carbocycles. The monoisotopic (exact) mass is 414 g/mol. The Labute approximate surface area is 172 Å². The van der Waals surface area contributed by atoms with Gasteiger partial charge in [0.25, 0.3) is 5.91 Å². The van der Waals surface area contributed by atoms with E-state index in [1.54, 1.807) is 31.3 Å². The van der Waals surface area contributed by atoms with Gasteiger partial charge in [0, 0.05) is 18.8 Å². The number of aromatic nitrogens is 3. The van der Waals surface area contributed by atoms with Crippen LogP contribution in [0, 0.1) is 18.7 Å². The van der Waals surface area contributed by atoms with Crippen LogP contribution in [-0.4, -0.2) is 27.3 Å². The first kappa shape index (κ1) is 19.4. The van der Waals surface area contributed by atoms with Crippen LogP contribution in [0.25, 0.3) is 5.69 Å². The molecule has 1 fully saturated rings. The first-order chi connectivity index (χ1) is 14.0. The third-order valence-corrected chi connectivity index (χ3v) is 5.07. The van der Waals surface area contributed by atoms with Crippen molar-refractivity contribution in [3.8, 4) is 11.6 Å². The molecule has 1 aliphatic carbocycles. The van der Waals surface area contributed by atoms with E-state index in [2.05, 4.69) is 15.4 Å². The van der Waals surface area contributed by atoms with Crippen LogP contribution in [0.5, 0.6) is 5.88 Å². The zero-order valence-corrected chi connectivity index (χ0v) is 16.6. The zero-order chi connectivity index (χ0) is 20.4. The molecule has 0 spiro atoms. The van der Waals surface area contributed by atoms with Gasteiger partial charge in [-0.3, -0.25) is 4.79 Å². The fraction of sp³-hybridized carbons (Fsp3) is 0.286. The van der Waals surface area contributed by atoms with Gasteiger partial charge in [0.2, 0.25) is 5.88 Å². The van der Waals surface area contributed by atoms with Crippen LogP contribution in [0.15, 0.2) is 42.6 Å². The summed E-state index contributed by atoms with van der Waals surface area (Å²) in [6.45, 7) is 2.71. The number of pyridine rings is 1.